The van der Waals surface area contributed by atoms with E-state index in [0.717, 1.165) is 22.6 Å². The molecule has 0 bridgehead atoms. The highest BCUT2D eigenvalue weighted by Gasteiger charge is 2.22. The fourth-order valence-electron chi connectivity index (χ4n) is 4.25. The largest absolute Gasteiger partial charge is 0.192 e. The van der Waals surface area contributed by atoms with E-state index in [1.54, 1.807) is 0 Å². The fourth-order valence-corrected chi connectivity index (χ4v) is 4.25. The smallest absolute Gasteiger partial charge is 0.0998 e. The molecule has 1 aliphatic rings. The Bertz CT molecular complexity index is 703. The normalized spacial score (nSPS) is 20.2. The van der Waals surface area contributed by atoms with Crippen LogP contribution in [0.2, 0.25) is 0 Å². The topological polar surface area (TPSA) is 23.8 Å². The monoisotopic (exact) mass is 331 g/mol. The average molecular weight is 332 g/mol. The summed E-state index contributed by atoms with van der Waals surface area (Å²) < 4.78 is 0. The summed E-state index contributed by atoms with van der Waals surface area (Å²) in [5, 5.41) is 9.62. The Kier molecular flexibility index (Phi) is 6.29. The molecule has 2 aromatic rings. The molecule has 0 aliphatic heterocycles. The van der Waals surface area contributed by atoms with Gasteiger partial charge < -0.3 is 0 Å². The molecule has 1 saturated carbocycles. The van der Waals surface area contributed by atoms with Crippen molar-refractivity contribution in [2.45, 2.75) is 64.2 Å². The number of benzene rings is 2. The summed E-state index contributed by atoms with van der Waals surface area (Å²) in [5.74, 6) is 1.57. The number of nitriles is 1. The van der Waals surface area contributed by atoms with Gasteiger partial charge in [0.1, 0.15) is 0 Å². The van der Waals surface area contributed by atoms with Crippen LogP contribution in [0.1, 0.15) is 75.3 Å². The van der Waals surface area contributed by atoms with Crippen molar-refractivity contribution in [3.05, 3.63) is 59.7 Å². The van der Waals surface area contributed by atoms with Gasteiger partial charge in [0.15, 0.2) is 0 Å². The number of hydrogen-bond acceptors (Lipinski definition) is 1. The van der Waals surface area contributed by atoms with Gasteiger partial charge in [-0.3, -0.25) is 0 Å². The molecule has 0 radical (unpaired) electrons. The Morgan fingerprint density at radius 3 is 2.40 bits per heavy atom. The van der Waals surface area contributed by atoms with Crippen LogP contribution in [0, 0.1) is 17.2 Å². The molecule has 0 saturated heterocycles. The summed E-state index contributed by atoms with van der Waals surface area (Å²) in [5.41, 5.74) is 4.36. The number of unbranched alkanes of at least 4 members (excludes halogenated alkanes) is 2. The van der Waals surface area contributed by atoms with Crippen molar-refractivity contribution in [3.8, 4) is 17.2 Å². The molecule has 0 aromatic heterocycles. The Hall–Kier alpha value is -2.07. The summed E-state index contributed by atoms with van der Waals surface area (Å²) in [6.45, 7) is 2.28. The second-order valence-electron chi connectivity index (χ2n) is 7.50. The van der Waals surface area contributed by atoms with E-state index in [1.807, 2.05) is 18.2 Å². The van der Waals surface area contributed by atoms with Crippen molar-refractivity contribution >= 4 is 0 Å². The summed E-state index contributed by atoms with van der Waals surface area (Å²) in [6.07, 6.45) is 10.8. The Morgan fingerprint density at radius 2 is 1.72 bits per heavy atom. The minimum absolute atomic E-state index is 0.638. The van der Waals surface area contributed by atoms with E-state index in [2.05, 4.69) is 43.3 Å². The van der Waals surface area contributed by atoms with Crippen LogP contribution in [0.15, 0.2) is 48.5 Å². The Balaban J connectivity index is 1.67. The van der Waals surface area contributed by atoms with Crippen LogP contribution in [-0.2, 0) is 0 Å². The Morgan fingerprint density at radius 1 is 0.960 bits per heavy atom. The van der Waals surface area contributed by atoms with Crippen LogP contribution >= 0.6 is 0 Å². The SMILES string of the molecule is CCCCC[C@H]1CC[C@H](c2ccc(-c3ccccc3)c(C#N)c2)CC1. The first-order valence-corrected chi connectivity index (χ1v) is 9.91. The van der Waals surface area contributed by atoms with E-state index in [0.29, 0.717) is 5.92 Å². The van der Waals surface area contributed by atoms with Gasteiger partial charge in [-0.2, -0.15) is 5.26 Å². The fraction of sp³-hybridized carbons (Fsp3) is 0.458. The molecular formula is C24H29N. The van der Waals surface area contributed by atoms with Gasteiger partial charge in [-0.1, -0.05) is 75.1 Å². The molecular weight excluding hydrogens is 302 g/mol. The van der Waals surface area contributed by atoms with Gasteiger partial charge in [-0.15, -0.1) is 0 Å². The van der Waals surface area contributed by atoms with Gasteiger partial charge in [-0.25, -0.2) is 0 Å². The minimum Gasteiger partial charge on any atom is -0.192 e. The van der Waals surface area contributed by atoms with Crippen LogP contribution in [0.4, 0.5) is 0 Å². The molecule has 25 heavy (non-hydrogen) atoms. The average Bonchev–Trinajstić information content (AvgIpc) is 2.69. The number of nitrogens with zero attached hydrogens (tertiary/aromatic N) is 1. The van der Waals surface area contributed by atoms with Crippen LogP contribution in [0.25, 0.3) is 11.1 Å². The van der Waals surface area contributed by atoms with Gasteiger partial charge in [0.25, 0.3) is 0 Å². The van der Waals surface area contributed by atoms with E-state index >= 15 is 0 Å². The standard InChI is InChI=1S/C24H29N/c1-2-3-5-8-19-11-13-20(14-12-19)22-15-16-24(23(17-22)18-25)21-9-6-4-7-10-21/h4,6-7,9-10,15-17,19-20H,2-3,5,8,11-14H2,1H3/t19-,20-. The second kappa shape index (κ2) is 8.86. The molecule has 2 aromatic carbocycles. The van der Waals surface area contributed by atoms with E-state index in [-0.39, 0.29) is 0 Å². The van der Waals surface area contributed by atoms with Gasteiger partial charge >= 0.3 is 0 Å². The molecule has 0 N–H and O–H groups in total. The van der Waals surface area contributed by atoms with Crippen molar-refractivity contribution in [3.63, 3.8) is 0 Å². The molecule has 1 heteroatoms. The first kappa shape index (κ1) is 17.7. The lowest BCUT2D eigenvalue weighted by molar-refractivity contribution is 0.303. The molecule has 0 spiro atoms. The predicted molar refractivity (Wildman–Crippen MR) is 105 cm³/mol. The molecule has 0 atom stereocenters. The zero-order valence-corrected chi connectivity index (χ0v) is 15.4. The highest BCUT2D eigenvalue weighted by molar-refractivity contribution is 5.71. The molecule has 0 amide bonds. The molecule has 1 aliphatic carbocycles. The maximum Gasteiger partial charge on any atom is 0.0998 e. The molecule has 0 unspecified atom stereocenters. The molecule has 3 rings (SSSR count). The highest BCUT2D eigenvalue weighted by Crippen LogP contribution is 2.39. The predicted octanol–water partition coefficient (Wildman–Crippen LogP) is 7.08. The lowest BCUT2D eigenvalue weighted by atomic mass is 9.76. The van der Waals surface area contributed by atoms with Crippen LogP contribution < -0.4 is 0 Å². The summed E-state index contributed by atoms with van der Waals surface area (Å²) in [7, 11) is 0. The highest BCUT2D eigenvalue weighted by atomic mass is 14.3. The summed E-state index contributed by atoms with van der Waals surface area (Å²) in [4.78, 5) is 0. The van der Waals surface area contributed by atoms with Crippen molar-refractivity contribution in [2.24, 2.45) is 5.92 Å². The molecule has 1 fully saturated rings. The maximum atomic E-state index is 9.62. The van der Waals surface area contributed by atoms with E-state index in [4.69, 9.17) is 0 Å². The van der Waals surface area contributed by atoms with Gasteiger partial charge in [0.2, 0.25) is 0 Å². The second-order valence-corrected chi connectivity index (χ2v) is 7.50. The third-order valence-electron chi connectivity index (χ3n) is 5.78. The zero-order valence-electron chi connectivity index (χ0n) is 15.4. The van der Waals surface area contributed by atoms with Crippen molar-refractivity contribution < 1.29 is 0 Å². The third-order valence-corrected chi connectivity index (χ3v) is 5.78. The number of hydrogen-bond donors (Lipinski definition) is 0. The minimum atomic E-state index is 0.638. The first-order chi connectivity index (χ1) is 12.3. The Labute approximate surface area is 152 Å². The lowest BCUT2D eigenvalue weighted by Crippen LogP contribution is -2.13. The van der Waals surface area contributed by atoms with Crippen molar-refractivity contribution in [1.29, 1.82) is 5.26 Å². The van der Waals surface area contributed by atoms with Crippen LogP contribution in [0.5, 0.6) is 0 Å². The first-order valence-electron chi connectivity index (χ1n) is 9.91. The summed E-state index contributed by atoms with van der Waals surface area (Å²) in [6, 6.07) is 19.2. The van der Waals surface area contributed by atoms with Gasteiger partial charge in [0, 0.05) is 0 Å². The number of rotatable bonds is 6. The molecule has 1 nitrogen and oxygen atoms in total. The van der Waals surface area contributed by atoms with Gasteiger partial charge in [0.05, 0.1) is 11.6 Å². The van der Waals surface area contributed by atoms with Crippen LogP contribution in [-0.4, -0.2) is 0 Å². The van der Waals surface area contributed by atoms with E-state index in [1.165, 1.54) is 56.9 Å². The van der Waals surface area contributed by atoms with E-state index < -0.39 is 0 Å². The third kappa shape index (κ3) is 4.51. The van der Waals surface area contributed by atoms with Crippen molar-refractivity contribution in [2.75, 3.05) is 0 Å². The molecule has 130 valence electrons. The maximum absolute atomic E-state index is 9.62. The van der Waals surface area contributed by atoms with Crippen molar-refractivity contribution in [1.82, 2.24) is 0 Å². The summed E-state index contributed by atoms with van der Waals surface area (Å²) >= 11 is 0. The zero-order chi connectivity index (χ0) is 17.5. The molecule has 0 heterocycles. The van der Waals surface area contributed by atoms with E-state index in [9.17, 15) is 5.26 Å². The quantitative estimate of drug-likeness (QED) is 0.519. The van der Waals surface area contributed by atoms with Gasteiger partial charge in [-0.05, 0) is 60.3 Å². The lowest BCUT2D eigenvalue weighted by Gasteiger charge is -2.29. The van der Waals surface area contributed by atoms with Crippen LogP contribution in [0.3, 0.4) is 0 Å².